The summed E-state index contributed by atoms with van der Waals surface area (Å²) < 4.78 is 10.8. The van der Waals surface area contributed by atoms with Gasteiger partial charge in [-0.1, -0.05) is 127 Å². The van der Waals surface area contributed by atoms with Crippen LogP contribution in [0.3, 0.4) is 0 Å². The second-order valence-corrected chi connectivity index (χ2v) is 14.4. The molecule has 0 atom stereocenters. The first-order valence-corrected chi connectivity index (χ1v) is 19.1. The maximum atomic E-state index is 6.26. The number of para-hydroxylation sites is 4. The van der Waals surface area contributed by atoms with Crippen molar-refractivity contribution in [2.45, 2.75) is 0 Å². The molecule has 0 aliphatic rings. The molecule has 0 saturated heterocycles. The third-order valence-corrected chi connectivity index (χ3v) is 11.2. The molecule has 4 heterocycles. The molecule has 12 aromatic rings. The molecule has 6 nitrogen and oxygen atoms in total. The summed E-state index contributed by atoms with van der Waals surface area (Å²) in [5.74, 6) is 1.76. The third-order valence-electron chi connectivity index (χ3n) is 11.2. The Morgan fingerprint density at radius 3 is 1.63 bits per heavy atom. The maximum absolute atomic E-state index is 6.26. The molecule has 8 aromatic carbocycles. The van der Waals surface area contributed by atoms with Crippen LogP contribution in [0, 0.1) is 0 Å². The van der Waals surface area contributed by atoms with Gasteiger partial charge in [-0.15, -0.1) is 0 Å². The fraction of sp³-hybridized carbons (Fsp3) is 0. The molecule has 4 aromatic heterocycles. The van der Waals surface area contributed by atoms with Gasteiger partial charge in [0.25, 0.3) is 0 Å². The molecule has 0 saturated carbocycles. The highest BCUT2D eigenvalue weighted by molar-refractivity contribution is 6.28. The average Bonchev–Trinajstić information content (AvgIpc) is 3.94. The Kier molecular flexibility index (Phi) is 6.83. The highest BCUT2D eigenvalue weighted by Gasteiger charge is 2.22. The van der Waals surface area contributed by atoms with E-state index in [4.69, 9.17) is 19.4 Å². The minimum atomic E-state index is 0.560. The first kappa shape index (κ1) is 31.5. The number of nitrogens with zero attached hydrogens (tertiary/aromatic N) is 5. The summed E-state index contributed by atoms with van der Waals surface area (Å²) in [4.78, 5) is 15.7. The summed E-state index contributed by atoms with van der Waals surface area (Å²) in [6.07, 6.45) is 0. The van der Waals surface area contributed by atoms with Gasteiger partial charge in [-0.05, 0) is 71.8 Å². The van der Waals surface area contributed by atoms with Gasteiger partial charge in [0.2, 0.25) is 5.95 Å². The molecule has 12 rings (SSSR count). The van der Waals surface area contributed by atoms with Crippen molar-refractivity contribution in [3.8, 4) is 45.5 Å². The van der Waals surface area contributed by atoms with Gasteiger partial charge in [0, 0.05) is 49.1 Å². The van der Waals surface area contributed by atoms with E-state index in [1.54, 1.807) is 0 Å². The lowest BCUT2D eigenvalue weighted by Crippen LogP contribution is -2.06. The Labute approximate surface area is 326 Å². The van der Waals surface area contributed by atoms with E-state index in [2.05, 4.69) is 161 Å². The second-order valence-electron chi connectivity index (χ2n) is 14.4. The summed E-state index contributed by atoms with van der Waals surface area (Å²) in [5, 5.41) is 6.93. The maximum Gasteiger partial charge on any atom is 0.238 e. The Hall–Kier alpha value is -7.83. The molecule has 266 valence electrons. The molecule has 0 N–H and O–H groups in total. The lowest BCUT2D eigenvalue weighted by Gasteiger charge is -2.12. The van der Waals surface area contributed by atoms with Gasteiger partial charge in [-0.3, -0.25) is 4.57 Å². The highest BCUT2D eigenvalue weighted by atomic mass is 16.3. The number of aromatic nitrogens is 5. The van der Waals surface area contributed by atoms with Gasteiger partial charge in [0.1, 0.15) is 11.2 Å². The van der Waals surface area contributed by atoms with Crippen molar-refractivity contribution < 1.29 is 4.42 Å². The van der Waals surface area contributed by atoms with E-state index in [0.29, 0.717) is 17.6 Å². The molecule has 0 unspecified atom stereocenters. The predicted octanol–water partition coefficient (Wildman–Crippen LogP) is 13.0. The van der Waals surface area contributed by atoms with Crippen LogP contribution in [0.4, 0.5) is 0 Å². The predicted molar refractivity (Wildman–Crippen MR) is 232 cm³/mol. The minimum Gasteiger partial charge on any atom is -0.456 e. The first-order valence-electron chi connectivity index (χ1n) is 19.1. The van der Waals surface area contributed by atoms with E-state index in [9.17, 15) is 0 Å². The van der Waals surface area contributed by atoms with Crippen molar-refractivity contribution in [1.82, 2.24) is 24.1 Å². The Bertz CT molecular complexity index is 3520. The van der Waals surface area contributed by atoms with Crippen molar-refractivity contribution in [2.75, 3.05) is 0 Å². The topological polar surface area (TPSA) is 61.7 Å². The van der Waals surface area contributed by atoms with Gasteiger partial charge in [-0.25, -0.2) is 4.98 Å². The van der Waals surface area contributed by atoms with Gasteiger partial charge in [0.15, 0.2) is 11.6 Å². The Morgan fingerprint density at radius 1 is 0.333 bits per heavy atom. The number of furan rings is 1. The normalized spacial score (nSPS) is 11.9. The molecule has 0 fully saturated rings. The lowest BCUT2D eigenvalue weighted by molar-refractivity contribution is 0.669. The van der Waals surface area contributed by atoms with Crippen LogP contribution in [0.25, 0.3) is 111 Å². The molecule has 0 aliphatic carbocycles. The quantitative estimate of drug-likeness (QED) is 0.177. The van der Waals surface area contributed by atoms with Crippen molar-refractivity contribution in [3.05, 3.63) is 188 Å². The van der Waals surface area contributed by atoms with Crippen LogP contribution in [0.1, 0.15) is 0 Å². The number of hydrogen-bond donors (Lipinski definition) is 0. The molecule has 0 spiro atoms. The van der Waals surface area contributed by atoms with Crippen molar-refractivity contribution >= 4 is 65.6 Å². The van der Waals surface area contributed by atoms with Crippen molar-refractivity contribution in [2.24, 2.45) is 0 Å². The number of hydrogen-bond acceptors (Lipinski definition) is 4. The monoisotopic (exact) mass is 729 g/mol. The summed E-state index contributed by atoms with van der Waals surface area (Å²) in [6, 6.07) is 65.5. The Balaban J connectivity index is 1.09. The summed E-state index contributed by atoms with van der Waals surface area (Å²) in [7, 11) is 0. The molecule has 0 bridgehead atoms. The second kappa shape index (κ2) is 12.3. The van der Waals surface area contributed by atoms with E-state index < -0.39 is 0 Å². The van der Waals surface area contributed by atoms with Gasteiger partial charge in [0.05, 0.1) is 22.1 Å². The van der Waals surface area contributed by atoms with Crippen LogP contribution in [-0.4, -0.2) is 24.1 Å². The average molecular weight is 730 g/mol. The van der Waals surface area contributed by atoms with Crippen LogP contribution in [0.15, 0.2) is 192 Å². The zero-order valence-corrected chi connectivity index (χ0v) is 30.5. The van der Waals surface area contributed by atoms with E-state index in [0.717, 1.165) is 77.3 Å². The van der Waals surface area contributed by atoms with Crippen LogP contribution in [-0.2, 0) is 0 Å². The van der Waals surface area contributed by atoms with Gasteiger partial charge in [-0.2, -0.15) is 9.97 Å². The van der Waals surface area contributed by atoms with Crippen LogP contribution >= 0.6 is 0 Å². The van der Waals surface area contributed by atoms with E-state index in [1.807, 2.05) is 36.4 Å². The molecule has 0 radical (unpaired) electrons. The zero-order chi connectivity index (χ0) is 37.5. The van der Waals surface area contributed by atoms with E-state index in [1.165, 1.54) is 16.2 Å². The third kappa shape index (κ3) is 4.87. The standard InChI is InChI=1S/C51H31N5O/c1-3-14-32(15-4-1)49-52-50(35-17-13-16-33(30-35)34-26-27-38-37-20-9-12-25-45(37)57-46(38)31-34)54-51(53-49)56-42-24-11-8-22-40(42)48-44(56)29-28-43-47(48)39-21-7-10-23-41(39)55(43)36-18-5-2-6-19-36/h1-31H. The fourth-order valence-corrected chi connectivity index (χ4v) is 8.64. The molecule has 0 amide bonds. The SMILES string of the molecule is c1ccc(-c2nc(-c3cccc(-c4ccc5c(c4)oc4ccccc45)c3)nc(-n3c4ccccc4c4c5c6ccccc6n(-c6ccccc6)c5ccc43)n2)cc1. The van der Waals surface area contributed by atoms with Gasteiger partial charge < -0.3 is 8.98 Å². The summed E-state index contributed by atoms with van der Waals surface area (Å²) in [5.41, 5.74) is 11.2. The van der Waals surface area contributed by atoms with E-state index >= 15 is 0 Å². The molecule has 57 heavy (non-hydrogen) atoms. The van der Waals surface area contributed by atoms with Crippen LogP contribution in [0.2, 0.25) is 0 Å². The molecular weight excluding hydrogens is 699 g/mol. The molecular formula is C51H31N5O. The number of benzene rings is 8. The van der Waals surface area contributed by atoms with E-state index in [-0.39, 0.29) is 0 Å². The molecule has 0 aliphatic heterocycles. The van der Waals surface area contributed by atoms with Crippen LogP contribution < -0.4 is 0 Å². The first-order chi connectivity index (χ1) is 28.3. The van der Waals surface area contributed by atoms with Crippen molar-refractivity contribution in [1.29, 1.82) is 0 Å². The summed E-state index contributed by atoms with van der Waals surface area (Å²) in [6.45, 7) is 0. The lowest BCUT2D eigenvalue weighted by atomic mass is 10.0. The fourth-order valence-electron chi connectivity index (χ4n) is 8.64. The largest absolute Gasteiger partial charge is 0.456 e. The zero-order valence-electron chi connectivity index (χ0n) is 30.5. The number of fused-ring (bicyclic) bond motifs is 10. The highest BCUT2D eigenvalue weighted by Crippen LogP contribution is 2.42. The minimum absolute atomic E-state index is 0.560. The Morgan fingerprint density at radius 2 is 0.877 bits per heavy atom. The smallest absolute Gasteiger partial charge is 0.238 e. The summed E-state index contributed by atoms with van der Waals surface area (Å²) >= 11 is 0. The van der Waals surface area contributed by atoms with Crippen LogP contribution in [0.5, 0.6) is 0 Å². The molecule has 6 heteroatoms. The van der Waals surface area contributed by atoms with Gasteiger partial charge >= 0.3 is 0 Å². The number of rotatable bonds is 5. The van der Waals surface area contributed by atoms with Crippen molar-refractivity contribution in [3.63, 3.8) is 0 Å².